The van der Waals surface area contributed by atoms with Gasteiger partial charge in [0.05, 0.1) is 0 Å². The predicted molar refractivity (Wildman–Crippen MR) is 53.6 cm³/mol. The Bertz CT molecular complexity index is 275. The van der Waals surface area contributed by atoms with E-state index in [9.17, 15) is 4.79 Å². The van der Waals surface area contributed by atoms with Gasteiger partial charge in [-0.2, -0.15) is 0 Å². The summed E-state index contributed by atoms with van der Waals surface area (Å²) >= 11 is 0. The summed E-state index contributed by atoms with van der Waals surface area (Å²) in [4.78, 5) is 18.2. The number of aromatic nitrogens is 2. The number of primary amides is 1. The molecular weight excluding hydrogens is 180 g/mol. The number of carbonyl (C=O) groups is 1. The summed E-state index contributed by atoms with van der Waals surface area (Å²) in [6.07, 6.45) is 5.34. The first-order chi connectivity index (χ1) is 6.79. The number of anilines is 1. The van der Waals surface area contributed by atoms with Crippen molar-refractivity contribution in [2.75, 3.05) is 11.9 Å². The van der Waals surface area contributed by atoms with Crippen molar-refractivity contribution in [1.29, 1.82) is 0 Å². The molecule has 0 bridgehead atoms. The van der Waals surface area contributed by atoms with Crippen molar-refractivity contribution >= 4 is 11.7 Å². The maximum atomic E-state index is 10.4. The summed E-state index contributed by atoms with van der Waals surface area (Å²) in [6.45, 7) is 0.796. The lowest BCUT2D eigenvalue weighted by Crippen LogP contribution is -2.11. The Balaban J connectivity index is 2.08. The van der Waals surface area contributed by atoms with Crippen LogP contribution in [-0.4, -0.2) is 22.4 Å². The Labute approximate surface area is 82.7 Å². The second-order valence-electron chi connectivity index (χ2n) is 2.94. The first kappa shape index (κ1) is 10.4. The molecule has 0 fully saturated rings. The second kappa shape index (κ2) is 5.90. The van der Waals surface area contributed by atoms with Crippen molar-refractivity contribution in [3.8, 4) is 0 Å². The van der Waals surface area contributed by atoms with Crippen molar-refractivity contribution in [3.05, 3.63) is 18.6 Å². The third-order valence-corrected chi connectivity index (χ3v) is 1.74. The number of amides is 1. The van der Waals surface area contributed by atoms with E-state index in [0.29, 0.717) is 6.42 Å². The minimum Gasteiger partial charge on any atom is -0.370 e. The minimum absolute atomic E-state index is 0.243. The van der Waals surface area contributed by atoms with Gasteiger partial charge in [-0.15, -0.1) is 0 Å². The normalized spacial score (nSPS) is 9.71. The van der Waals surface area contributed by atoms with Crippen molar-refractivity contribution in [3.63, 3.8) is 0 Å². The van der Waals surface area contributed by atoms with E-state index in [0.717, 1.165) is 25.2 Å². The van der Waals surface area contributed by atoms with Crippen LogP contribution in [0.15, 0.2) is 18.6 Å². The van der Waals surface area contributed by atoms with E-state index in [2.05, 4.69) is 15.3 Å². The van der Waals surface area contributed by atoms with E-state index in [-0.39, 0.29) is 5.91 Å². The Hall–Kier alpha value is -1.65. The number of nitrogens with two attached hydrogens (primary N) is 1. The molecule has 0 unspecified atom stereocenters. The van der Waals surface area contributed by atoms with Crippen LogP contribution in [-0.2, 0) is 4.79 Å². The van der Waals surface area contributed by atoms with Crippen molar-refractivity contribution in [2.45, 2.75) is 19.3 Å². The van der Waals surface area contributed by atoms with Gasteiger partial charge in [-0.25, -0.2) is 9.97 Å². The summed E-state index contributed by atoms with van der Waals surface area (Å²) in [5.41, 5.74) is 5.01. The van der Waals surface area contributed by atoms with Crippen molar-refractivity contribution in [1.82, 2.24) is 9.97 Å². The molecule has 0 saturated heterocycles. The average molecular weight is 194 g/mol. The molecule has 1 amide bonds. The lowest BCUT2D eigenvalue weighted by Gasteiger charge is -2.03. The summed E-state index contributed by atoms with van der Waals surface area (Å²) in [7, 11) is 0. The van der Waals surface area contributed by atoms with Gasteiger partial charge in [0.1, 0.15) is 12.1 Å². The van der Waals surface area contributed by atoms with Crippen molar-refractivity contribution < 1.29 is 4.79 Å². The van der Waals surface area contributed by atoms with Gasteiger partial charge in [0.2, 0.25) is 5.91 Å². The molecule has 76 valence electrons. The highest BCUT2D eigenvalue weighted by atomic mass is 16.1. The van der Waals surface area contributed by atoms with Gasteiger partial charge in [0.25, 0.3) is 0 Å². The molecule has 1 rings (SSSR count). The minimum atomic E-state index is -0.243. The SMILES string of the molecule is NC(=O)CCCCNc1ccncn1. The molecule has 0 aromatic carbocycles. The number of rotatable bonds is 6. The van der Waals surface area contributed by atoms with Gasteiger partial charge in [-0.05, 0) is 18.9 Å². The molecule has 5 nitrogen and oxygen atoms in total. The third-order valence-electron chi connectivity index (χ3n) is 1.74. The van der Waals surface area contributed by atoms with E-state index in [1.54, 1.807) is 12.3 Å². The molecule has 3 N–H and O–H groups in total. The van der Waals surface area contributed by atoms with E-state index in [1.807, 2.05) is 0 Å². The van der Waals surface area contributed by atoms with E-state index < -0.39 is 0 Å². The number of unbranched alkanes of at least 4 members (excludes halogenated alkanes) is 1. The molecule has 1 aromatic heterocycles. The van der Waals surface area contributed by atoms with Crippen LogP contribution in [0.3, 0.4) is 0 Å². The highest BCUT2D eigenvalue weighted by molar-refractivity contribution is 5.73. The van der Waals surface area contributed by atoms with Crippen LogP contribution >= 0.6 is 0 Å². The molecule has 0 radical (unpaired) electrons. The summed E-state index contributed by atoms with van der Waals surface area (Å²) in [5.74, 6) is 0.561. The zero-order valence-corrected chi connectivity index (χ0v) is 7.94. The van der Waals surface area contributed by atoms with Crippen LogP contribution in [0, 0.1) is 0 Å². The number of nitrogens with one attached hydrogen (secondary N) is 1. The fourth-order valence-corrected chi connectivity index (χ4v) is 1.04. The number of carbonyl (C=O) groups excluding carboxylic acids is 1. The smallest absolute Gasteiger partial charge is 0.217 e. The second-order valence-corrected chi connectivity index (χ2v) is 2.94. The zero-order chi connectivity index (χ0) is 10.2. The Morgan fingerprint density at radius 1 is 1.50 bits per heavy atom. The molecule has 0 aliphatic rings. The zero-order valence-electron chi connectivity index (χ0n) is 7.94. The Morgan fingerprint density at radius 2 is 2.36 bits per heavy atom. The van der Waals surface area contributed by atoms with Gasteiger partial charge in [0, 0.05) is 19.2 Å². The van der Waals surface area contributed by atoms with Crippen LogP contribution in [0.25, 0.3) is 0 Å². The quantitative estimate of drug-likeness (QED) is 0.648. The van der Waals surface area contributed by atoms with Crippen LogP contribution in [0.2, 0.25) is 0 Å². The van der Waals surface area contributed by atoms with E-state index >= 15 is 0 Å². The molecule has 1 aromatic rings. The number of nitrogens with zero attached hydrogens (tertiary/aromatic N) is 2. The van der Waals surface area contributed by atoms with Crippen molar-refractivity contribution in [2.24, 2.45) is 5.73 Å². The van der Waals surface area contributed by atoms with Gasteiger partial charge in [-0.3, -0.25) is 4.79 Å². The summed E-state index contributed by atoms with van der Waals surface area (Å²) in [5, 5.41) is 3.12. The number of hydrogen-bond acceptors (Lipinski definition) is 4. The molecule has 0 saturated carbocycles. The van der Waals surface area contributed by atoms with E-state index in [4.69, 9.17) is 5.73 Å². The first-order valence-corrected chi connectivity index (χ1v) is 4.57. The molecule has 5 heteroatoms. The van der Waals surface area contributed by atoms with Crippen LogP contribution in [0.5, 0.6) is 0 Å². The topological polar surface area (TPSA) is 80.9 Å². The largest absolute Gasteiger partial charge is 0.370 e. The maximum absolute atomic E-state index is 10.4. The standard InChI is InChI=1S/C9H14N4O/c10-8(14)3-1-2-5-12-9-4-6-11-7-13-9/h4,6-7H,1-3,5H2,(H2,10,14)(H,11,12,13). The molecule has 0 atom stereocenters. The van der Waals surface area contributed by atoms with Crippen LogP contribution in [0.4, 0.5) is 5.82 Å². The maximum Gasteiger partial charge on any atom is 0.217 e. The highest BCUT2D eigenvalue weighted by Gasteiger charge is 1.94. The van der Waals surface area contributed by atoms with Gasteiger partial charge in [0.15, 0.2) is 0 Å². The molecule has 0 aliphatic heterocycles. The summed E-state index contributed by atoms with van der Waals surface area (Å²) in [6, 6.07) is 1.80. The third kappa shape index (κ3) is 4.39. The molecule has 0 aliphatic carbocycles. The molecular formula is C9H14N4O. The first-order valence-electron chi connectivity index (χ1n) is 4.57. The highest BCUT2D eigenvalue weighted by Crippen LogP contribution is 2.00. The average Bonchev–Trinajstić information content (AvgIpc) is 2.18. The summed E-state index contributed by atoms with van der Waals surface area (Å²) < 4.78 is 0. The Kier molecular flexibility index (Phi) is 4.40. The lowest BCUT2D eigenvalue weighted by molar-refractivity contribution is -0.118. The van der Waals surface area contributed by atoms with Gasteiger partial charge >= 0.3 is 0 Å². The Morgan fingerprint density at radius 3 is 3.00 bits per heavy atom. The van der Waals surface area contributed by atoms with Crippen LogP contribution in [0.1, 0.15) is 19.3 Å². The fraction of sp³-hybridized carbons (Fsp3) is 0.444. The van der Waals surface area contributed by atoms with Crippen LogP contribution < -0.4 is 11.1 Å². The lowest BCUT2D eigenvalue weighted by atomic mass is 10.2. The number of hydrogen-bond donors (Lipinski definition) is 2. The molecule has 1 heterocycles. The predicted octanol–water partition coefficient (Wildman–Crippen LogP) is 0.544. The monoisotopic (exact) mass is 194 g/mol. The van der Waals surface area contributed by atoms with Gasteiger partial charge in [-0.1, -0.05) is 0 Å². The molecule has 0 spiro atoms. The fourth-order valence-electron chi connectivity index (χ4n) is 1.04. The molecule has 14 heavy (non-hydrogen) atoms. The van der Waals surface area contributed by atoms with E-state index in [1.165, 1.54) is 6.33 Å². The van der Waals surface area contributed by atoms with Gasteiger partial charge < -0.3 is 11.1 Å².